The molecule has 1 heterocycles. The van der Waals surface area contributed by atoms with Crippen molar-refractivity contribution >= 4 is 12.4 Å². The Kier molecular flexibility index (Phi) is 4.74. The van der Waals surface area contributed by atoms with Gasteiger partial charge in [-0.3, -0.25) is 4.90 Å². The van der Waals surface area contributed by atoms with Gasteiger partial charge in [-0.2, -0.15) is 0 Å². The highest BCUT2D eigenvalue weighted by atomic mass is 35.5. The maximum atomic E-state index is 12.3. The van der Waals surface area contributed by atoms with Gasteiger partial charge in [-0.1, -0.05) is 0 Å². The van der Waals surface area contributed by atoms with Crippen LogP contribution in [0.5, 0.6) is 0 Å². The van der Waals surface area contributed by atoms with Gasteiger partial charge in [0.15, 0.2) is 0 Å². The van der Waals surface area contributed by atoms with E-state index in [1.54, 1.807) is 0 Å². The van der Waals surface area contributed by atoms with Gasteiger partial charge in [0, 0.05) is 37.6 Å². The molecule has 15 heavy (non-hydrogen) atoms. The van der Waals surface area contributed by atoms with Gasteiger partial charge < -0.3 is 5.32 Å². The Bertz CT molecular complexity index is 198. The largest absolute Gasteiger partial charge is 0.314 e. The summed E-state index contributed by atoms with van der Waals surface area (Å²) in [4.78, 5) is 2.38. The van der Waals surface area contributed by atoms with Gasteiger partial charge in [0.05, 0.1) is 0 Å². The number of rotatable bonds is 2. The first-order valence-electron chi connectivity index (χ1n) is 5.43. The Morgan fingerprint density at radius 2 is 2.00 bits per heavy atom. The van der Waals surface area contributed by atoms with Gasteiger partial charge in [0.2, 0.25) is 6.43 Å². The van der Waals surface area contributed by atoms with Crippen molar-refractivity contribution in [2.45, 2.75) is 38.3 Å². The lowest BCUT2D eigenvalue weighted by Gasteiger charge is -2.47. The summed E-state index contributed by atoms with van der Waals surface area (Å²) in [6.07, 6.45) is -0.714. The first-order chi connectivity index (χ1) is 6.68. The quantitative estimate of drug-likeness (QED) is 0.791. The third-order valence-corrected chi connectivity index (χ3v) is 3.53. The summed E-state index contributed by atoms with van der Waals surface area (Å²) in [5.74, 6) is -0.331. The Balaban J connectivity index is 0.00000112. The molecule has 2 rings (SSSR count). The van der Waals surface area contributed by atoms with Gasteiger partial charge in [-0.25, -0.2) is 8.78 Å². The molecular formula is C10H19ClF2N2. The summed E-state index contributed by atoms with van der Waals surface area (Å²) in [6, 6.07) is 0.929. The molecule has 90 valence electrons. The van der Waals surface area contributed by atoms with E-state index < -0.39 is 6.43 Å². The lowest BCUT2D eigenvalue weighted by molar-refractivity contribution is -0.0382. The number of nitrogens with one attached hydrogen (secondary N) is 1. The molecule has 5 heteroatoms. The molecule has 1 unspecified atom stereocenters. The van der Waals surface area contributed by atoms with E-state index in [-0.39, 0.29) is 18.3 Å². The molecule has 1 N–H and O–H groups in total. The predicted octanol–water partition coefficient (Wildman–Crippen LogP) is 1.75. The van der Waals surface area contributed by atoms with Gasteiger partial charge >= 0.3 is 0 Å². The van der Waals surface area contributed by atoms with Crippen LogP contribution in [0, 0.1) is 5.92 Å². The van der Waals surface area contributed by atoms with Gasteiger partial charge in [0.1, 0.15) is 0 Å². The maximum Gasteiger partial charge on any atom is 0.241 e. The number of hydrogen-bond donors (Lipinski definition) is 1. The SMILES string of the molecule is CC1CNCCN1C1CC(C(F)F)C1.Cl. The van der Waals surface area contributed by atoms with E-state index >= 15 is 0 Å². The monoisotopic (exact) mass is 240 g/mol. The zero-order valence-corrected chi connectivity index (χ0v) is 9.77. The van der Waals surface area contributed by atoms with Crippen LogP contribution in [0.3, 0.4) is 0 Å². The molecule has 0 bridgehead atoms. The first kappa shape index (κ1) is 13.1. The summed E-state index contributed by atoms with van der Waals surface area (Å²) in [5, 5.41) is 3.31. The van der Waals surface area contributed by atoms with Crippen LogP contribution in [-0.2, 0) is 0 Å². The van der Waals surface area contributed by atoms with E-state index in [0.717, 1.165) is 19.6 Å². The first-order valence-corrected chi connectivity index (χ1v) is 5.43. The number of nitrogens with zero attached hydrogens (tertiary/aromatic N) is 1. The van der Waals surface area contributed by atoms with Crippen molar-refractivity contribution in [3.8, 4) is 0 Å². The van der Waals surface area contributed by atoms with Crippen LogP contribution >= 0.6 is 12.4 Å². The minimum atomic E-state index is -2.11. The summed E-state index contributed by atoms with van der Waals surface area (Å²) in [7, 11) is 0. The fraction of sp³-hybridized carbons (Fsp3) is 1.00. The molecule has 1 saturated carbocycles. The smallest absolute Gasteiger partial charge is 0.241 e. The Hall–Kier alpha value is 0.0700. The van der Waals surface area contributed by atoms with Crippen LogP contribution in [0.1, 0.15) is 19.8 Å². The average Bonchev–Trinajstić information content (AvgIpc) is 2.05. The van der Waals surface area contributed by atoms with Crippen LogP contribution in [0.25, 0.3) is 0 Å². The number of piperazine rings is 1. The minimum Gasteiger partial charge on any atom is -0.314 e. The van der Waals surface area contributed by atoms with Crippen molar-refractivity contribution in [2.24, 2.45) is 5.92 Å². The third-order valence-electron chi connectivity index (χ3n) is 3.53. The van der Waals surface area contributed by atoms with Crippen LogP contribution in [0.15, 0.2) is 0 Å². The molecule has 0 aromatic carbocycles. The fourth-order valence-electron chi connectivity index (χ4n) is 2.51. The van der Waals surface area contributed by atoms with Crippen LogP contribution < -0.4 is 5.32 Å². The lowest BCUT2D eigenvalue weighted by atomic mass is 9.79. The van der Waals surface area contributed by atoms with Gasteiger partial charge in [-0.05, 0) is 19.8 Å². The van der Waals surface area contributed by atoms with E-state index in [9.17, 15) is 8.78 Å². The second-order valence-electron chi connectivity index (χ2n) is 4.51. The second-order valence-corrected chi connectivity index (χ2v) is 4.51. The molecule has 0 spiro atoms. The Labute approximate surface area is 95.8 Å². The molecular weight excluding hydrogens is 222 g/mol. The molecule has 0 radical (unpaired) electrons. The van der Waals surface area contributed by atoms with Gasteiger partial charge in [-0.15, -0.1) is 12.4 Å². The van der Waals surface area contributed by atoms with Crippen molar-refractivity contribution in [2.75, 3.05) is 19.6 Å². The normalized spacial score (nSPS) is 37.2. The zero-order valence-electron chi connectivity index (χ0n) is 8.96. The molecule has 1 aliphatic carbocycles. The number of halogens is 3. The predicted molar refractivity (Wildman–Crippen MR) is 58.8 cm³/mol. The number of alkyl halides is 2. The Morgan fingerprint density at radius 1 is 1.33 bits per heavy atom. The molecule has 2 aliphatic rings. The Morgan fingerprint density at radius 3 is 2.53 bits per heavy atom. The average molecular weight is 241 g/mol. The highest BCUT2D eigenvalue weighted by Gasteiger charge is 2.40. The molecule has 0 aromatic rings. The second kappa shape index (κ2) is 5.41. The van der Waals surface area contributed by atoms with E-state index in [0.29, 0.717) is 24.9 Å². The summed E-state index contributed by atoms with van der Waals surface area (Å²) in [5.41, 5.74) is 0. The fourth-order valence-corrected chi connectivity index (χ4v) is 2.51. The van der Waals surface area contributed by atoms with E-state index in [2.05, 4.69) is 17.1 Å². The van der Waals surface area contributed by atoms with Crippen LogP contribution in [0.4, 0.5) is 8.78 Å². The third kappa shape index (κ3) is 2.80. The molecule has 1 saturated heterocycles. The van der Waals surface area contributed by atoms with E-state index in [1.807, 2.05) is 0 Å². The zero-order chi connectivity index (χ0) is 10.1. The van der Waals surface area contributed by atoms with Crippen molar-refractivity contribution < 1.29 is 8.78 Å². The summed E-state index contributed by atoms with van der Waals surface area (Å²) in [6.45, 7) is 5.18. The summed E-state index contributed by atoms with van der Waals surface area (Å²) >= 11 is 0. The molecule has 1 atom stereocenters. The molecule has 0 amide bonds. The highest BCUT2D eigenvalue weighted by Crippen LogP contribution is 2.36. The standard InChI is InChI=1S/C10H18F2N2.ClH/c1-7-6-13-2-3-14(7)9-4-8(5-9)10(11)12;/h7-10,13H,2-6H2,1H3;1H. The van der Waals surface area contributed by atoms with Crippen molar-refractivity contribution in [3.63, 3.8) is 0 Å². The van der Waals surface area contributed by atoms with Gasteiger partial charge in [0.25, 0.3) is 0 Å². The lowest BCUT2D eigenvalue weighted by Crippen LogP contribution is -2.57. The minimum absolute atomic E-state index is 0. The maximum absolute atomic E-state index is 12.3. The topological polar surface area (TPSA) is 15.3 Å². The number of hydrogen-bond acceptors (Lipinski definition) is 2. The van der Waals surface area contributed by atoms with E-state index in [1.165, 1.54) is 0 Å². The molecule has 2 fully saturated rings. The summed E-state index contributed by atoms with van der Waals surface area (Å²) < 4.78 is 24.6. The van der Waals surface area contributed by atoms with Crippen molar-refractivity contribution in [1.82, 2.24) is 10.2 Å². The van der Waals surface area contributed by atoms with E-state index in [4.69, 9.17) is 0 Å². The van der Waals surface area contributed by atoms with Crippen molar-refractivity contribution in [1.29, 1.82) is 0 Å². The molecule has 0 aromatic heterocycles. The molecule has 2 nitrogen and oxygen atoms in total. The van der Waals surface area contributed by atoms with Crippen LogP contribution in [-0.4, -0.2) is 43.0 Å². The van der Waals surface area contributed by atoms with Crippen LogP contribution in [0.2, 0.25) is 0 Å². The molecule has 1 aliphatic heterocycles. The van der Waals surface area contributed by atoms with Crippen molar-refractivity contribution in [3.05, 3.63) is 0 Å². The highest BCUT2D eigenvalue weighted by molar-refractivity contribution is 5.85.